The van der Waals surface area contributed by atoms with E-state index in [0.717, 1.165) is 6.42 Å². The molecule has 0 aliphatic heterocycles. The quantitative estimate of drug-likeness (QED) is 0.390. The maximum atomic E-state index is 3.80. The van der Waals surface area contributed by atoms with Crippen LogP contribution in [-0.2, 0) is 0 Å². The molecule has 3 aromatic rings. The van der Waals surface area contributed by atoms with Gasteiger partial charge in [0.25, 0.3) is 0 Å². The molecule has 0 aliphatic carbocycles. The summed E-state index contributed by atoms with van der Waals surface area (Å²) < 4.78 is 8.09. The van der Waals surface area contributed by atoms with Crippen molar-refractivity contribution >= 4 is 30.5 Å². The van der Waals surface area contributed by atoms with Crippen LogP contribution in [0.5, 0.6) is 0 Å². The fourth-order valence-corrected chi connectivity index (χ4v) is 18.4. The standard InChI is InChI=1S/3C6H5.C4H5.Pb/c3*1-2-4-6-5-3-1;1-3-4-2;/h3*1-5H;3H2,1H3;. The van der Waals surface area contributed by atoms with Gasteiger partial charge in [-0.3, -0.25) is 0 Å². The summed E-state index contributed by atoms with van der Waals surface area (Å²) in [6, 6.07) is 32.7. The van der Waals surface area contributed by atoms with E-state index in [1.807, 2.05) is 0 Å². The van der Waals surface area contributed by atoms with Crippen molar-refractivity contribution in [3.63, 3.8) is 0 Å². The van der Waals surface area contributed by atoms with Crippen LogP contribution < -0.4 is 9.37 Å². The van der Waals surface area contributed by atoms with Gasteiger partial charge in [0.05, 0.1) is 0 Å². The van der Waals surface area contributed by atoms with E-state index in [2.05, 4.69) is 107 Å². The van der Waals surface area contributed by atoms with Crippen molar-refractivity contribution in [3.8, 4) is 9.40 Å². The normalized spacial score (nSPS) is 10.7. The van der Waals surface area contributed by atoms with E-state index in [0.29, 0.717) is 0 Å². The van der Waals surface area contributed by atoms with Crippen LogP contribution in [0.15, 0.2) is 91.0 Å². The Labute approximate surface area is 143 Å². The summed E-state index contributed by atoms with van der Waals surface area (Å²) in [7, 11) is 0. The summed E-state index contributed by atoms with van der Waals surface area (Å²) >= 11 is -3.43. The molecule has 0 atom stereocenters. The van der Waals surface area contributed by atoms with Gasteiger partial charge in [0.1, 0.15) is 0 Å². The topological polar surface area (TPSA) is 0 Å². The average molecular weight is 492 g/mol. The average Bonchev–Trinajstić information content (AvgIpc) is 2.65. The molecule has 0 saturated heterocycles. The Hall–Kier alpha value is -1.86. The van der Waals surface area contributed by atoms with Gasteiger partial charge in [-0.1, -0.05) is 0 Å². The van der Waals surface area contributed by atoms with Gasteiger partial charge in [-0.05, 0) is 0 Å². The molecule has 112 valence electrons. The molecule has 0 bridgehead atoms. The zero-order chi connectivity index (χ0) is 16.0. The minimum atomic E-state index is -3.43. The summed E-state index contributed by atoms with van der Waals surface area (Å²) in [5, 5.41) is 0. The molecule has 0 nitrogen and oxygen atoms in total. The maximum absolute atomic E-state index is 3.80. The Kier molecular flexibility index (Phi) is 5.30. The second kappa shape index (κ2) is 7.61. The summed E-state index contributed by atoms with van der Waals surface area (Å²) in [4.78, 5) is 0. The molecule has 0 unspecified atom stereocenters. The molecule has 0 fully saturated rings. The third-order valence-corrected chi connectivity index (χ3v) is 20.2. The van der Waals surface area contributed by atoms with Crippen LogP contribution in [0.4, 0.5) is 0 Å². The van der Waals surface area contributed by atoms with Gasteiger partial charge in [0.2, 0.25) is 0 Å². The molecular formula is C22H20Pb. The third kappa shape index (κ3) is 3.25. The van der Waals surface area contributed by atoms with E-state index in [1.165, 1.54) is 9.37 Å². The number of benzene rings is 3. The van der Waals surface area contributed by atoms with Crippen LogP contribution in [0, 0.1) is 9.40 Å². The summed E-state index contributed by atoms with van der Waals surface area (Å²) in [5.74, 6) is 3.43. The zero-order valence-corrected chi connectivity index (χ0v) is 17.3. The molecular weight excluding hydrogens is 471 g/mol. The molecule has 3 rings (SSSR count). The minimum absolute atomic E-state index is 0.897. The summed E-state index contributed by atoms with van der Waals surface area (Å²) in [6.07, 6.45) is 0.897. The van der Waals surface area contributed by atoms with Crippen LogP contribution in [0.1, 0.15) is 13.3 Å². The van der Waals surface area contributed by atoms with Crippen molar-refractivity contribution in [3.05, 3.63) is 91.0 Å². The Morgan fingerprint density at radius 1 is 0.609 bits per heavy atom. The second-order valence-electron chi connectivity index (χ2n) is 5.50. The zero-order valence-electron chi connectivity index (χ0n) is 13.4. The van der Waals surface area contributed by atoms with Gasteiger partial charge in [-0.2, -0.15) is 0 Å². The third-order valence-electron chi connectivity index (χ3n) is 4.07. The van der Waals surface area contributed by atoms with E-state index >= 15 is 0 Å². The molecule has 0 aromatic heterocycles. The van der Waals surface area contributed by atoms with E-state index in [9.17, 15) is 0 Å². The van der Waals surface area contributed by atoms with Crippen LogP contribution in [0.2, 0.25) is 0 Å². The monoisotopic (exact) mass is 492 g/mol. The molecule has 3 aromatic carbocycles. The Balaban J connectivity index is 2.35. The predicted octanol–water partition coefficient (Wildman–Crippen LogP) is 3.11. The first kappa shape index (κ1) is 16.0. The number of hydrogen-bond acceptors (Lipinski definition) is 0. The van der Waals surface area contributed by atoms with Crippen molar-refractivity contribution in [1.82, 2.24) is 0 Å². The van der Waals surface area contributed by atoms with Crippen LogP contribution in [0.25, 0.3) is 0 Å². The van der Waals surface area contributed by atoms with Crippen LogP contribution >= 0.6 is 0 Å². The molecule has 0 radical (unpaired) electrons. The van der Waals surface area contributed by atoms with Gasteiger partial charge in [-0.25, -0.2) is 0 Å². The van der Waals surface area contributed by atoms with Crippen LogP contribution in [0.3, 0.4) is 0 Å². The molecule has 1 heteroatoms. The first-order valence-corrected chi connectivity index (χ1v) is 15.8. The van der Waals surface area contributed by atoms with Gasteiger partial charge < -0.3 is 0 Å². The van der Waals surface area contributed by atoms with E-state index < -0.39 is 21.2 Å². The van der Waals surface area contributed by atoms with Crippen molar-refractivity contribution in [2.24, 2.45) is 0 Å². The Morgan fingerprint density at radius 2 is 0.957 bits per heavy atom. The van der Waals surface area contributed by atoms with Crippen molar-refractivity contribution in [2.45, 2.75) is 13.3 Å². The van der Waals surface area contributed by atoms with Crippen molar-refractivity contribution < 1.29 is 0 Å². The molecule has 0 heterocycles. The fraction of sp³-hybridized carbons (Fsp3) is 0.0909. The fourth-order valence-electron chi connectivity index (χ4n) is 3.00. The van der Waals surface area contributed by atoms with Crippen molar-refractivity contribution in [2.75, 3.05) is 0 Å². The number of rotatable bonds is 3. The van der Waals surface area contributed by atoms with E-state index in [4.69, 9.17) is 0 Å². The van der Waals surface area contributed by atoms with Gasteiger partial charge in [0, 0.05) is 0 Å². The summed E-state index contributed by atoms with van der Waals surface area (Å²) in [5.41, 5.74) is 0. The molecule has 0 amide bonds. The van der Waals surface area contributed by atoms with Gasteiger partial charge >= 0.3 is 144 Å². The molecule has 23 heavy (non-hydrogen) atoms. The van der Waals surface area contributed by atoms with E-state index in [1.54, 1.807) is 0 Å². The van der Waals surface area contributed by atoms with Gasteiger partial charge in [0.15, 0.2) is 0 Å². The summed E-state index contributed by atoms with van der Waals surface area (Å²) in [6.45, 7) is 2.13. The van der Waals surface area contributed by atoms with E-state index in [-0.39, 0.29) is 0 Å². The Bertz CT molecular complexity index is 699. The molecule has 0 saturated carbocycles. The first-order chi connectivity index (χ1) is 11.4. The van der Waals surface area contributed by atoms with Crippen LogP contribution in [-0.4, -0.2) is 21.2 Å². The molecule has 0 aliphatic rings. The van der Waals surface area contributed by atoms with Gasteiger partial charge in [-0.15, -0.1) is 0 Å². The Morgan fingerprint density at radius 3 is 1.26 bits per heavy atom. The molecule has 0 N–H and O–H groups in total. The number of hydrogen-bond donors (Lipinski definition) is 0. The first-order valence-electron chi connectivity index (χ1n) is 8.04. The SMILES string of the molecule is CCC#[C][Pb]([c]1ccccc1)([c]1ccccc1)[c]1ccccc1. The van der Waals surface area contributed by atoms with Crippen molar-refractivity contribution in [1.29, 1.82) is 0 Å². The molecule has 0 spiro atoms. The predicted molar refractivity (Wildman–Crippen MR) is 102 cm³/mol. The second-order valence-corrected chi connectivity index (χ2v) is 19.0.